The monoisotopic (exact) mass is 387 g/mol. The maximum atomic E-state index is 12.9. The molecule has 148 valence electrons. The van der Waals surface area contributed by atoms with E-state index < -0.39 is 0 Å². The van der Waals surface area contributed by atoms with Crippen LogP contribution in [0.2, 0.25) is 0 Å². The fourth-order valence-electron chi connectivity index (χ4n) is 3.07. The molecule has 3 rings (SSSR count). The summed E-state index contributed by atoms with van der Waals surface area (Å²) in [6.07, 6.45) is 0.714. The van der Waals surface area contributed by atoms with Crippen molar-refractivity contribution in [2.24, 2.45) is 5.92 Å². The van der Waals surface area contributed by atoms with Gasteiger partial charge in [0.1, 0.15) is 11.5 Å². The third-order valence-electron chi connectivity index (χ3n) is 4.64. The third kappa shape index (κ3) is 4.91. The first-order valence-corrected chi connectivity index (χ1v) is 9.80. The molecular formula is C25H25NO3. The second-order valence-corrected chi connectivity index (χ2v) is 7.11. The lowest BCUT2D eigenvalue weighted by atomic mass is 9.94. The van der Waals surface area contributed by atoms with E-state index in [1.165, 1.54) is 0 Å². The van der Waals surface area contributed by atoms with E-state index in [2.05, 4.69) is 5.32 Å². The van der Waals surface area contributed by atoms with Crippen LogP contribution in [0.25, 0.3) is 0 Å². The van der Waals surface area contributed by atoms with Crippen LogP contribution < -0.4 is 10.1 Å². The van der Waals surface area contributed by atoms with Gasteiger partial charge in [0, 0.05) is 17.2 Å². The number of ketones is 1. The largest absolute Gasteiger partial charge is 0.457 e. The second-order valence-electron chi connectivity index (χ2n) is 7.11. The molecule has 0 aromatic heterocycles. The first kappa shape index (κ1) is 20.3. The average molecular weight is 387 g/mol. The van der Waals surface area contributed by atoms with E-state index in [1.54, 1.807) is 30.3 Å². The van der Waals surface area contributed by atoms with E-state index >= 15 is 0 Å². The number of para-hydroxylation sites is 2. The van der Waals surface area contributed by atoms with Gasteiger partial charge in [-0.15, -0.1) is 0 Å². The number of rotatable bonds is 7. The van der Waals surface area contributed by atoms with E-state index in [0.717, 1.165) is 5.56 Å². The summed E-state index contributed by atoms with van der Waals surface area (Å²) in [5, 5.41) is 2.92. The number of anilines is 1. The molecule has 1 N–H and O–H groups in total. The van der Waals surface area contributed by atoms with Crippen LogP contribution in [0.4, 0.5) is 5.69 Å². The molecule has 0 fully saturated rings. The molecule has 0 aliphatic heterocycles. The predicted octanol–water partition coefficient (Wildman–Crippen LogP) is 6.13. The quantitative estimate of drug-likeness (QED) is 0.496. The summed E-state index contributed by atoms with van der Waals surface area (Å²) in [6.45, 7) is 5.78. The zero-order chi connectivity index (χ0) is 20.8. The Morgan fingerprint density at radius 2 is 1.59 bits per heavy atom. The van der Waals surface area contributed by atoms with Crippen LogP contribution in [0, 0.1) is 5.92 Å². The van der Waals surface area contributed by atoms with Crippen molar-refractivity contribution in [2.75, 3.05) is 5.32 Å². The maximum absolute atomic E-state index is 12.9. The second kappa shape index (κ2) is 9.20. The standard InChI is InChI=1S/C25H25NO3/c1-4-18-16-19(14-15-21(18)24(27)17(2)3)26-25(28)22-12-8-9-13-23(22)29-20-10-6-5-7-11-20/h5-17H,4H2,1-3H3,(H,26,28). The van der Waals surface area contributed by atoms with E-state index in [1.807, 2.05) is 63.2 Å². The SMILES string of the molecule is CCc1cc(NC(=O)c2ccccc2Oc2ccccc2)ccc1C(=O)C(C)C. The van der Waals surface area contributed by atoms with Crippen molar-refractivity contribution >= 4 is 17.4 Å². The van der Waals surface area contributed by atoms with Crippen molar-refractivity contribution in [3.63, 3.8) is 0 Å². The zero-order valence-corrected chi connectivity index (χ0v) is 16.9. The molecule has 3 aromatic carbocycles. The van der Waals surface area contributed by atoms with Crippen molar-refractivity contribution in [1.29, 1.82) is 0 Å². The van der Waals surface area contributed by atoms with Gasteiger partial charge >= 0.3 is 0 Å². The smallest absolute Gasteiger partial charge is 0.259 e. The Morgan fingerprint density at radius 1 is 0.897 bits per heavy atom. The molecule has 0 aliphatic carbocycles. The lowest BCUT2D eigenvalue weighted by Gasteiger charge is -2.14. The minimum atomic E-state index is -0.262. The number of hydrogen-bond donors (Lipinski definition) is 1. The molecular weight excluding hydrogens is 362 g/mol. The molecule has 0 saturated carbocycles. The number of nitrogens with one attached hydrogen (secondary N) is 1. The maximum Gasteiger partial charge on any atom is 0.259 e. The molecule has 0 aliphatic rings. The van der Waals surface area contributed by atoms with Crippen LogP contribution in [0.1, 0.15) is 47.1 Å². The normalized spacial score (nSPS) is 10.6. The van der Waals surface area contributed by atoms with Gasteiger partial charge in [-0.3, -0.25) is 9.59 Å². The Balaban J connectivity index is 1.83. The minimum absolute atomic E-state index is 0.0669. The number of amides is 1. The summed E-state index contributed by atoms with van der Waals surface area (Å²) in [5.41, 5.74) is 2.74. The van der Waals surface area contributed by atoms with E-state index in [0.29, 0.717) is 34.7 Å². The van der Waals surface area contributed by atoms with Gasteiger partial charge in [-0.2, -0.15) is 0 Å². The predicted molar refractivity (Wildman–Crippen MR) is 116 cm³/mol. The van der Waals surface area contributed by atoms with Gasteiger partial charge in [0.25, 0.3) is 5.91 Å². The highest BCUT2D eigenvalue weighted by molar-refractivity contribution is 6.06. The van der Waals surface area contributed by atoms with Crippen molar-refractivity contribution < 1.29 is 14.3 Å². The number of carbonyl (C=O) groups is 2. The van der Waals surface area contributed by atoms with Gasteiger partial charge in [-0.25, -0.2) is 0 Å². The fourth-order valence-corrected chi connectivity index (χ4v) is 3.07. The van der Waals surface area contributed by atoms with Crippen molar-refractivity contribution in [3.05, 3.63) is 89.5 Å². The first-order chi connectivity index (χ1) is 14.0. The Hall–Kier alpha value is -3.40. The van der Waals surface area contributed by atoms with E-state index in [-0.39, 0.29) is 17.6 Å². The van der Waals surface area contributed by atoms with Crippen LogP contribution in [0.15, 0.2) is 72.8 Å². The van der Waals surface area contributed by atoms with Crippen LogP contribution in [-0.2, 0) is 6.42 Å². The Morgan fingerprint density at radius 3 is 2.28 bits per heavy atom. The van der Waals surface area contributed by atoms with Gasteiger partial charge in [0.2, 0.25) is 0 Å². The van der Waals surface area contributed by atoms with Gasteiger partial charge in [-0.1, -0.05) is 51.1 Å². The molecule has 0 atom stereocenters. The summed E-state index contributed by atoms with van der Waals surface area (Å²) in [5.74, 6) is 0.932. The van der Waals surface area contributed by atoms with Crippen LogP contribution in [0.3, 0.4) is 0 Å². The number of aryl methyl sites for hydroxylation is 1. The number of ether oxygens (including phenoxy) is 1. The molecule has 0 saturated heterocycles. The topological polar surface area (TPSA) is 55.4 Å². The number of hydrogen-bond acceptors (Lipinski definition) is 3. The molecule has 0 bridgehead atoms. The van der Waals surface area contributed by atoms with Gasteiger partial charge in [-0.05, 0) is 54.4 Å². The molecule has 0 radical (unpaired) electrons. The molecule has 29 heavy (non-hydrogen) atoms. The minimum Gasteiger partial charge on any atom is -0.457 e. The van der Waals surface area contributed by atoms with Gasteiger partial charge in [0.05, 0.1) is 5.56 Å². The van der Waals surface area contributed by atoms with Crippen LogP contribution >= 0.6 is 0 Å². The number of Topliss-reactive ketones (excluding diaryl/α,β-unsaturated/α-hetero) is 1. The van der Waals surface area contributed by atoms with E-state index in [4.69, 9.17) is 4.74 Å². The van der Waals surface area contributed by atoms with Gasteiger partial charge < -0.3 is 10.1 Å². The van der Waals surface area contributed by atoms with Crippen molar-refractivity contribution in [1.82, 2.24) is 0 Å². The van der Waals surface area contributed by atoms with E-state index in [9.17, 15) is 9.59 Å². The molecule has 0 heterocycles. The summed E-state index contributed by atoms with van der Waals surface area (Å²) < 4.78 is 5.88. The van der Waals surface area contributed by atoms with Crippen LogP contribution in [0.5, 0.6) is 11.5 Å². The molecule has 1 amide bonds. The average Bonchev–Trinajstić information content (AvgIpc) is 2.74. The summed E-state index contributed by atoms with van der Waals surface area (Å²) >= 11 is 0. The highest BCUT2D eigenvalue weighted by atomic mass is 16.5. The van der Waals surface area contributed by atoms with Crippen LogP contribution in [-0.4, -0.2) is 11.7 Å². The molecule has 0 spiro atoms. The zero-order valence-electron chi connectivity index (χ0n) is 16.9. The molecule has 3 aromatic rings. The Kier molecular flexibility index (Phi) is 6.45. The lowest BCUT2D eigenvalue weighted by molar-refractivity contribution is 0.0938. The Bertz CT molecular complexity index is 1010. The highest BCUT2D eigenvalue weighted by Crippen LogP contribution is 2.26. The summed E-state index contributed by atoms with van der Waals surface area (Å²) in [4.78, 5) is 25.3. The number of benzene rings is 3. The first-order valence-electron chi connectivity index (χ1n) is 9.80. The number of carbonyl (C=O) groups excluding carboxylic acids is 2. The third-order valence-corrected chi connectivity index (χ3v) is 4.64. The fraction of sp³-hybridized carbons (Fsp3) is 0.200. The van der Waals surface area contributed by atoms with Gasteiger partial charge in [0.15, 0.2) is 5.78 Å². The molecule has 4 heteroatoms. The summed E-state index contributed by atoms with van der Waals surface area (Å²) in [7, 11) is 0. The molecule has 0 unspecified atom stereocenters. The molecule has 4 nitrogen and oxygen atoms in total. The Labute approximate surface area is 171 Å². The summed E-state index contributed by atoms with van der Waals surface area (Å²) in [6, 6.07) is 21.9. The lowest BCUT2D eigenvalue weighted by Crippen LogP contribution is -2.15. The highest BCUT2D eigenvalue weighted by Gasteiger charge is 2.17. The van der Waals surface area contributed by atoms with Crippen molar-refractivity contribution in [2.45, 2.75) is 27.2 Å². The van der Waals surface area contributed by atoms with Crippen molar-refractivity contribution in [3.8, 4) is 11.5 Å².